The number of aromatic hydroxyl groups is 1. The van der Waals surface area contributed by atoms with Crippen molar-refractivity contribution in [1.82, 2.24) is 4.31 Å². The van der Waals surface area contributed by atoms with Gasteiger partial charge in [0, 0.05) is 5.39 Å². The van der Waals surface area contributed by atoms with Gasteiger partial charge in [-0.2, -0.15) is 0 Å². The second-order valence-electron chi connectivity index (χ2n) is 6.20. The first kappa shape index (κ1) is 18.0. The molecule has 0 saturated heterocycles. The Kier molecular flexibility index (Phi) is 4.27. The van der Waals surface area contributed by atoms with Crippen LogP contribution in [0.1, 0.15) is 20.7 Å². The Hall–Kier alpha value is -3.39. The van der Waals surface area contributed by atoms with E-state index in [-0.39, 0.29) is 34.9 Å². The van der Waals surface area contributed by atoms with Crippen molar-refractivity contribution in [3.8, 4) is 5.75 Å². The summed E-state index contributed by atoms with van der Waals surface area (Å²) in [5.41, 5.74) is 0.0681. The van der Waals surface area contributed by atoms with Crippen LogP contribution in [0.4, 0.5) is 0 Å². The summed E-state index contributed by atoms with van der Waals surface area (Å²) < 4.78 is 30.7. The number of fused-ring (bicyclic) bond motifs is 2. The number of nitrogens with zero attached hydrogens (tertiary/aromatic N) is 1. The maximum absolute atomic E-state index is 12.5. The van der Waals surface area contributed by atoms with E-state index in [0.717, 1.165) is 5.39 Å². The molecule has 1 aliphatic rings. The van der Waals surface area contributed by atoms with E-state index in [4.69, 9.17) is 4.74 Å². The van der Waals surface area contributed by atoms with E-state index in [1.54, 1.807) is 30.3 Å². The van der Waals surface area contributed by atoms with Gasteiger partial charge in [-0.15, -0.1) is 0 Å². The zero-order chi connectivity index (χ0) is 19.9. The zero-order valence-electron chi connectivity index (χ0n) is 14.5. The molecule has 0 aliphatic carbocycles. The van der Waals surface area contributed by atoms with Crippen LogP contribution in [0, 0.1) is 0 Å². The average Bonchev–Trinajstić information content (AvgIpc) is 2.89. The van der Waals surface area contributed by atoms with Crippen molar-refractivity contribution < 1.29 is 27.9 Å². The Morgan fingerprint density at radius 3 is 2.50 bits per heavy atom. The Balaban J connectivity index is 1.48. The summed E-state index contributed by atoms with van der Waals surface area (Å²) in [6, 6.07) is 16.1. The molecule has 4 rings (SSSR count). The zero-order valence-corrected chi connectivity index (χ0v) is 15.3. The monoisotopic (exact) mass is 397 g/mol. The SMILES string of the molecule is O=C(OCCN1C(=O)c2ccccc2S1(=O)=O)c1ccc2ccccc2c1O. The van der Waals surface area contributed by atoms with Crippen LogP contribution in [0.3, 0.4) is 0 Å². The maximum Gasteiger partial charge on any atom is 0.341 e. The number of esters is 1. The third-order valence-corrected chi connectivity index (χ3v) is 6.40. The molecule has 0 radical (unpaired) electrons. The maximum atomic E-state index is 12.5. The van der Waals surface area contributed by atoms with Gasteiger partial charge in [0.05, 0.1) is 12.1 Å². The van der Waals surface area contributed by atoms with Crippen LogP contribution in [-0.2, 0) is 14.8 Å². The Morgan fingerprint density at radius 2 is 1.71 bits per heavy atom. The smallest absolute Gasteiger partial charge is 0.341 e. The lowest BCUT2D eigenvalue weighted by atomic mass is 10.1. The predicted octanol–water partition coefficient (Wildman–Crippen LogP) is 2.55. The van der Waals surface area contributed by atoms with E-state index in [1.807, 2.05) is 6.07 Å². The number of phenols is 1. The number of carbonyl (C=O) groups excluding carboxylic acids is 2. The molecule has 0 spiro atoms. The van der Waals surface area contributed by atoms with Gasteiger partial charge in [0.2, 0.25) is 0 Å². The second-order valence-corrected chi connectivity index (χ2v) is 8.03. The summed E-state index contributed by atoms with van der Waals surface area (Å²) >= 11 is 0. The van der Waals surface area contributed by atoms with Crippen molar-refractivity contribution in [2.45, 2.75) is 4.90 Å². The topological polar surface area (TPSA) is 101 Å². The fourth-order valence-electron chi connectivity index (χ4n) is 3.17. The van der Waals surface area contributed by atoms with Gasteiger partial charge in [-0.1, -0.05) is 42.5 Å². The van der Waals surface area contributed by atoms with Gasteiger partial charge in [-0.25, -0.2) is 17.5 Å². The lowest BCUT2D eigenvalue weighted by Gasteiger charge is -2.15. The lowest BCUT2D eigenvalue weighted by molar-refractivity contribution is 0.0475. The van der Waals surface area contributed by atoms with E-state index in [0.29, 0.717) is 9.69 Å². The molecule has 0 fully saturated rings. The fourth-order valence-corrected chi connectivity index (χ4v) is 4.72. The van der Waals surface area contributed by atoms with Crippen molar-refractivity contribution in [1.29, 1.82) is 0 Å². The molecule has 0 bridgehead atoms. The van der Waals surface area contributed by atoms with Crippen LogP contribution < -0.4 is 0 Å². The van der Waals surface area contributed by atoms with Crippen molar-refractivity contribution in [3.05, 3.63) is 71.8 Å². The molecule has 1 aliphatic heterocycles. The summed E-state index contributed by atoms with van der Waals surface area (Å²) in [5.74, 6) is -1.66. The molecular weight excluding hydrogens is 382 g/mol. The molecule has 142 valence electrons. The van der Waals surface area contributed by atoms with E-state index in [2.05, 4.69) is 0 Å². The summed E-state index contributed by atoms with van der Waals surface area (Å²) in [7, 11) is -3.95. The van der Waals surface area contributed by atoms with Gasteiger partial charge in [0.15, 0.2) is 0 Å². The van der Waals surface area contributed by atoms with Gasteiger partial charge in [0.1, 0.15) is 22.8 Å². The Bertz CT molecular complexity index is 1220. The molecule has 7 nitrogen and oxygen atoms in total. The Labute approximate surface area is 160 Å². The molecule has 28 heavy (non-hydrogen) atoms. The van der Waals surface area contributed by atoms with Crippen LogP contribution >= 0.6 is 0 Å². The highest BCUT2D eigenvalue weighted by Gasteiger charge is 2.40. The van der Waals surface area contributed by atoms with E-state index >= 15 is 0 Å². The number of rotatable bonds is 4. The first-order chi connectivity index (χ1) is 13.4. The van der Waals surface area contributed by atoms with Crippen LogP contribution in [0.2, 0.25) is 0 Å². The number of hydrogen-bond acceptors (Lipinski definition) is 6. The standard InChI is InChI=1S/C20H15NO6S/c22-18-14-6-2-1-5-13(14)9-10-16(18)20(24)27-12-11-21-19(23)15-7-3-4-8-17(15)28(21,25)26/h1-10,22H,11-12H2. The van der Waals surface area contributed by atoms with Crippen molar-refractivity contribution in [3.63, 3.8) is 0 Å². The highest BCUT2D eigenvalue weighted by atomic mass is 32.2. The third-order valence-electron chi connectivity index (χ3n) is 4.56. The molecule has 1 amide bonds. The highest BCUT2D eigenvalue weighted by Crippen LogP contribution is 2.30. The molecular formula is C20H15NO6S. The van der Waals surface area contributed by atoms with Crippen molar-refractivity contribution in [2.24, 2.45) is 0 Å². The molecule has 3 aromatic rings. The number of hydrogen-bond donors (Lipinski definition) is 1. The van der Waals surface area contributed by atoms with Gasteiger partial charge in [0.25, 0.3) is 15.9 Å². The number of carbonyl (C=O) groups is 2. The normalized spacial score (nSPS) is 14.9. The quantitative estimate of drug-likeness (QED) is 0.679. The van der Waals surface area contributed by atoms with Crippen LogP contribution in [0.25, 0.3) is 10.8 Å². The highest BCUT2D eigenvalue weighted by molar-refractivity contribution is 7.90. The molecule has 8 heteroatoms. The summed E-state index contributed by atoms with van der Waals surface area (Å²) in [6.45, 7) is -0.639. The number of amides is 1. The summed E-state index contributed by atoms with van der Waals surface area (Å²) in [4.78, 5) is 24.6. The molecule has 1 heterocycles. The first-order valence-electron chi connectivity index (χ1n) is 8.45. The molecule has 3 aromatic carbocycles. The van der Waals surface area contributed by atoms with Crippen LogP contribution in [-0.4, -0.2) is 42.9 Å². The first-order valence-corrected chi connectivity index (χ1v) is 9.89. The number of phenolic OH excluding ortho intramolecular Hbond substituents is 1. The van der Waals surface area contributed by atoms with Crippen molar-refractivity contribution >= 4 is 32.7 Å². The largest absolute Gasteiger partial charge is 0.506 e. The van der Waals surface area contributed by atoms with Gasteiger partial charge in [-0.3, -0.25) is 4.79 Å². The Morgan fingerprint density at radius 1 is 1.00 bits per heavy atom. The van der Waals surface area contributed by atoms with Gasteiger partial charge < -0.3 is 9.84 Å². The van der Waals surface area contributed by atoms with Gasteiger partial charge in [-0.05, 0) is 23.6 Å². The average molecular weight is 397 g/mol. The number of benzene rings is 3. The van der Waals surface area contributed by atoms with Crippen LogP contribution in [0.15, 0.2) is 65.6 Å². The molecule has 0 atom stereocenters. The second kappa shape index (κ2) is 6.65. The summed E-state index contributed by atoms with van der Waals surface area (Å²) in [5, 5.41) is 11.6. The minimum atomic E-state index is -3.95. The predicted molar refractivity (Wildman–Crippen MR) is 101 cm³/mol. The van der Waals surface area contributed by atoms with E-state index in [1.165, 1.54) is 24.3 Å². The molecule has 0 aromatic heterocycles. The number of sulfonamides is 1. The van der Waals surface area contributed by atoms with Crippen molar-refractivity contribution in [2.75, 3.05) is 13.2 Å². The molecule has 0 saturated carbocycles. The fraction of sp³-hybridized carbons (Fsp3) is 0.100. The lowest BCUT2D eigenvalue weighted by Crippen LogP contribution is -2.33. The minimum absolute atomic E-state index is 0.0300. The minimum Gasteiger partial charge on any atom is -0.506 e. The summed E-state index contributed by atoms with van der Waals surface area (Å²) in [6.07, 6.45) is 0. The van der Waals surface area contributed by atoms with E-state index < -0.39 is 21.9 Å². The van der Waals surface area contributed by atoms with Gasteiger partial charge >= 0.3 is 5.97 Å². The molecule has 1 N–H and O–H groups in total. The van der Waals surface area contributed by atoms with E-state index in [9.17, 15) is 23.1 Å². The molecule has 0 unspecified atom stereocenters. The third kappa shape index (κ3) is 2.78. The number of ether oxygens (including phenoxy) is 1. The van der Waals surface area contributed by atoms with Crippen LogP contribution in [0.5, 0.6) is 5.75 Å².